The average molecular weight is 236 g/mol. The minimum Gasteiger partial charge on any atom is -0.363 e. The number of hydrogen-bond acceptors (Lipinski definition) is 2. The van der Waals surface area contributed by atoms with E-state index in [1.807, 2.05) is 0 Å². The van der Waals surface area contributed by atoms with E-state index < -0.39 is 0 Å². The van der Waals surface area contributed by atoms with Gasteiger partial charge in [0.25, 0.3) is 0 Å². The van der Waals surface area contributed by atoms with Crippen molar-refractivity contribution in [1.82, 2.24) is 0 Å². The predicted molar refractivity (Wildman–Crippen MR) is 65.8 cm³/mol. The molecule has 2 aliphatic heterocycles. The number of hydrogen-bond donors (Lipinski definition) is 0. The van der Waals surface area contributed by atoms with E-state index in [0.717, 1.165) is 0 Å². The summed E-state index contributed by atoms with van der Waals surface area (Å²) in [7, 11) is 0. The minimum atomic E-state index is 0.0884. The van der Waals surface area contributed by atoms with Crippen molar-refractivity contribution in [1.29, 1.82) is 0 Å². The van der Waals surface area contributed by atoms with Gasteiger partial charge in [0.2, 0.25) is 0 Å². The first-order chi connectivity index (χ1) is 7.97. The molecule has 2 saturated carbocycles. The Kier molecular flexibility index (Phi) is 1.75. The van der Waals surface area contributed by atoms with Gasteiger partial charge in [-0.25, -0.2) is 0 Å². The molecule has 0 aromatic rings. The summed E-state index contributed by atoms with van der Waals surface area (Å²) in [6, 6.07) is 0. The van der Waals surface area contributed by atoms with E-state index in [1.165, 1.54) is 25.7 Å². The quantitative estimate of drug-likeness (QED) is 0.653. The molecule has 0 amide bonds. The summed E-state index contributed by atoms with van der Waals surface area (Å²) in [6.07, 6.45) is 6.16. The molecule has 2 nitrogen and oxygen atoms in total. The zero-order valence-corrected chi connectivity index (χ0v) is 11.5. The zero-order chi connectivity index (χ0) is 12.1. The highest BCUT2D eigenvalue weighted by molar-refractivity contribution is 5.34. The van der Waals surface area contributed by atoms with Crippen LogP contribution in [0.4, 0.5) is 0 Å². The summed E-state index contributed by atoms with van der Waals surface area (Å²) in [6.45, 7) is 9.44. The lowest BCUT2D eigenvalue weighted by atomic mass is 9.54. The van der Waals surface area contributed by atoms with Crippen LogP contribution in [-0.4, -0.2) is 23.4 Å². The molecule has 6 atom stereocenters. The minimum absolute atomic E-state index is 0.0884. The van der Waals surface area contributed by atoms with Gasteiger partial charge in [0.05, 0.1) is 6.10 Å². The third kappa shape index (κ3) is 0.952. The molecular weight excluding hydrogens is 212 g/mol. The van der Waals surface area contributed by atoms with Crippen molar-refractivity contribution in [3.8, 4) is 0 Å². The molecule has 4 aliphatic rings. The number of fused-ring (bicyclic) bond motifs is 2. The van der Waals surface area contributed by atoms with E-state index >= 15 is 0 Å². The van der Waals surface area contributed by atoms with Crippen molar-refractivity contribution >= 4 is 0 Å². The van der Waals surface area contributed by atoms with Crippen molar-refractivity contribution in [2.45, 2.75) is 76.8 Å². The van der Waals surface area contributed by atoms with Crippen molar-refractivity contribution in [2.75, 3.05) is 0 Å². The van der Waals surface area contributed by atoms with Gasteiger partial charge in [-0.1, -0.05) is 34.1 Å². The summed E-state index contributed by atoms with van der Waals surface area (Å²) in [4.78, 5) is 0. The van der Waals surface area contributed by atoms with Crippen LogP contribution in [-0.2, 0) is 9.47 Å². The van der Waals surface area contributed by atoms with Gasteiger partial charge in [0.15, 0.2) is 0 Å². The van der Waals surface area contributed by atoms with E-state index in [-0.39, 0.29) is 11.2 Å². The molecule has 2 saturated heterocycles. The maximum Gasteiger partial charge on any atom is 0.126 e. The predicted octanol–water partition coefficient (Wildman–Crippen LogP) is 3.15. The first-order valence-corrected chi connectivity index (χ1v) is 7.33. The first kappa shape index (κ1) is 10.8. The lowest BCUT2D eigenvalue weighted by molar-refractivity contribution is 0.0115. The lowest BCUT2D eigenvalue weighted by Gasteiger charge is -2.46. The van der Waals surface area contributed by atoms with Crippen molar-refractivity contribution < 1.29 is 9.47 Å². The molecule has 0 N–H and O–H groups in total. The van der Waals surface area contributed by atoms with Crippen LogP contribution in [0.2, 0.25) is 0 Å². The fraction of sp³-hybridized carbons (Fsp3) is 1.00. The highest BCUT2D eigenvalue weighted by atomic mass is 16.7. The van der Waals surface area contributed by atoms with Gasteiger partial charge < -0.3 is 9.47 Å². The largest absolute Gasteiger partial charge is 0.363 e. The van der Waals surface area contributed by atoms with Crippen LogP contribution in [0.1, 0.15) is 53.4 Å². The van der Waals surface area contributed by atoms with Crippen LogP contribution in [0, 0.1) is 17.3 Å². The third-order valence-electron chi connectivity index (χ3n) is 6.43. The average Bonchev–Trinajstić information content (AvgIpc) is 3.06. The summed E-state index contributed by atoms with van der Waals surface area (Å²) in [5.74, 6) is 1.31. The van der Waals surface area contributed by atoms with Gasteiger partial charge in [0, 0.05) is 5.41 Å². The molecule has 2 heteroatoms. The Morgan fingerprint density at radius 3 is 2.71 bits per heavy atom. The normalized spacial score (nSPS) is 63.7. The second-order valence-electron chi connectivity index (χ2n) is 7.46. The topological polar surface area (TPSA) is 25.1 Å². The Bertz CT molecular complexity index is 379. The molecule has 4 fully saturated rings. The fourth-order valence-corrected chi connectivity index (χ4v) is 5.35. The summed E-state index contributed by atoms with van der Waals surface area (Å²) < 4.78 is 12.5. The van der Waals surface area contributed by atoms with Crippen LogP contribution in [0.5, 0.6) is 0 Å². The Morgan fingerprint density at radius 1 is 1.24 bits per heavy atom. The van der Waals surface area contributed by atoms with Gasteiger partial charge in [-0.05, 0) is 31.1 Å². The monoisotopic (exact) mass is 236 g/mol. The molecule has 2 aliphatic carbocycles. The van der Waals surface area contributed by atoms with E-state index in [9.17, 15) is 0 Å². The molecule has 0 bridgehead atoms. The summed E-state index contributed by atoms with van der Waals surface area (Å²) in [5, 5.41) is 0. The van der Waals surface area contributed by atoms with Gasteiger partial charge in [-0.3, -0.25) is 0 Å². The molecular formula is C15H24O2. The second-order valence-corrected chi connectivity index (χ2v) is 7.46. The molecule has 2 heterocycles. The Hall–Kier alpha value is -0.0800. The van der Waals surface area contributed by atoms with Crippen LogP contribution in [0.25, 0.3) is 0 Å². The third-order valence-corrected chi connectivity index (χ3v) is 6.43. The Morgan fingerprint density at radius 2 is 2.00 bits per heavy atom. The maximum atomic E-state index is 6.38. The lowest BCUT2D eigenvalue weighted by Crippen LogP contribution is -2.54. The molecule has 4 rings (SSSR count). The van der Waals surface area contributed by atoms with Gasteiger partial charge >= 0.3 is 0 Å². The highest BCUT2D eigenvalue weighted by Gasteiger charge is 2.86. The molecule has 0 radical (unpaired) electrons. The van der Waals surface area contributed by atoms with Crippen LogP contribution < -0.4 is 0 Å². The first-order valence-electron chi connectivity index (χ1n) is 7.33. The summed E-state index contributed by atoms with van der Waals surface area (Å²) in [5.41, 5.74) is 0.641. The number of epoxide rings is 2. The molecule has 0 aromatic heterocycles. The van der Waals surface area contributed by atoms with E-state index in [0.29, 0.717) is 29.5 Å². The zero-order valence-electron chi connectivity index (χ0n) is 11.5. The SMILES string of the molecule is CC(C)C12OC1CC1(C)CCCC(C)C13OC23. The molecule has 6 unspecified atom stereocenters. The van der Waals surface area contributed by atoms with E-state index in [1.54, 1.807) is 0 Å². The van der Waals surface area contributed by atoms with E-state index in [2.05, 4.69) is 27.7 Å². The number of ether oxygens (including phenoxy) is 2. The van der Waals surface area contributed by atoms with Crippen molar-refractivity contribution in [3.63, 3.8) is 0 Å². The van der Waals surface area contributed by atoms with Crippen molar-refractivity contribution in [2.24, 2.45) is 17.3 Å². The molecule has 96 valence electrons. The van der Waals surface area contributed by atoms with Crippen LogP contribution in [0.15, 0.2) is 0 Å². The fourth-order valence-electron chi connectivity index (χ4n) is 5.35. The van der Waals surface area contributed by atoms with E-state index in [4.69, 9.17) is 9.47 Å². The van der Waals surface area contributed by atoms with Gasteiger partial charge in [-0.15, -0.1) is 0 Å². The Labute approximate surface area is 104 Å². The highest BCUT2D eigenvalue weighted by Crippen LogP contribution is 2.75. The molecule has 1 spiro atoms. The second kappa shape index (κ2) is 2.75. The summed E-state index contributed by atoms with van der Waals surface area (Å²) >= 11 is 0. The maximum absolute atomic E-state index is 6.38. The van der Waals surface area contributed by atoms with Crippen LogP contribution in [0.3, 0.4) is 0 Å². The Balaban J connectivity index is 1.76. The van der Waals surface area contributed by atoms with Gasteiger partial charge in [0.1, 0.15) is 17.3 Å². The van der Waals surface area contributed by atoms with Gasteiger partial charge in [-0.2, -0.15) is 0 Å². The van der Waals surface area contributed by atoms with Crippen LogP contribution >= 0.6 is 0 Å². The molecule has 0 aromatic carbocycles. The molecule has 17 heavy (non-hydrogen) atoms. The number of rotatable bonds is 1. The smallest absolute Gasteiger partial charge is 0.126 e. The van der Waals surface area contributed by atoms with Crippen molar-refractivity contribution in [3.05, 3.63) is 0 Å². The standard InChI is InChI=1S/C15H24O2/c1-9(2)14-11(16-14)8-13(4)7-5-6-10(3)15(13)12(14)17-15/h9-12H,5-8H2,1-4H3.